The van der Waals surface area contributed by atoms with Crippen LogP contribution in [-0.4, -0.2) is 30.0 Å². The molecular formula is C12H14ClN3O3. The first-order valence-electron chi connectivity index (χ1n) is 6.03. The first-order chi connectivity index (χ1) is 9.06. The van der Waals surface area contributed by atoms with Crippen molar-refractivity contribution in [2.24, 2.45) is 0 Å². The zero-order valence-electron chi connectivity index (χ0n) is 10.2. The lowest BCUT2D eigenvalue weighted by Gasteiger charge is -2.23. The number of nitrogens with one attached hydrogen (secondary N) is 2. The maximum absolute atomic E-state index is 12.0. The fraction of sp³-hybridized carbons (Fsp3) is 0.417. The van der Waals surface area contributed by atoms with Crippen LogP contribution in [0.15, 0.2) is 18.2 Å². The van der Waals surface area contributed by atoms with Gasteiger partial charge in [0.2, 0.25) is 0 Å². The van der Waals surface area contributed by atoms with Crippen molar-refractivity contribution < 1.29 is 9.72 Å². The van der Waals surface area contributed by atoms with Crippen molar-refractivity contribution in [3.8, 4) is 0 Å². The van der Waals surface area contributed by atoms with Crippen LogP contribution in [0.3, 0.4) is 0 Å². The average molecular weight is 284 g/mol. The van der Waals surface area contributed by atoms with Gasteiger partial charge in [0.1, 0.15) is 0 Å². The highest BCUT2D eigenvalue weighted by molar-refractivity contribution is 6.31. The van der Waals surface area contributed by atoms with Crippen LogP contribution in [-0.2, 0) is 0 Å². The monoisotopic (exact) mass is 283 g/mol. The summed E-state index contributed by atoms with van der Waals surface area (Å²) in [5.41, 5.74) is 0.0317. The van der Waals surface area contributed by atoms with Crippen molar-refractivity contribution in [2.75, 3.05) is 13.1 Å². The molecule has 2 rings (SSSR count). The van der Waals surface area contributed by atoms with E-state index in [1.165, 1.54) is 18.2 Å². The summed E-state index contributed by atoms with van der Waals surface area (Å²) in [4.78, 5) is 22.2. The molecule has 1 amide bonds. The summed E-state index contributed by atoms with van der Waals surface area (Å²) in [6.07, 6.45) is 1.90. The number of piperidine rings is 1. The van der Waals surface area contributed by atoms with Gasteiger partial charge in [-0.15, -0.1) is 0 Å². The molecule has 1 atom stereocenters. The summed E-state index contributed by atoms with van der Waals surface area (Å²) in [6, 6.07) is 3.94. The minimum absolute atomic E-state index is 0.0549. The summed E-state index contributed by atoms with van der Waals surface area (Å²) in [6.45, 7) is 1.67. The third-order valence-corrected chi connectivity index (χ3v) is 3.21. The fourth-order valence-corrected chi connectivity index (χ4v) is 2.28. The number of nitro groups is 1. The Hall–Kier alpha value is -1.66. The Labute approximate surface area is 115 Å². The van der Waals surface area contributed by atoms with Gasteiger partial charge >= 0.3 is 0 Å². The standard InChI is InChI=1S/C12H14ClN3O3/c13-9-4-8(5-11(6-9)16(18)19)12(17)15-10-2-1-3-14-7-10/h4-6,10,14H,1-3,7H2,(H,15,17)/t10-/m1/s1. The highest BCUT2D eigenvalue weighted by Gasteiger charge is 2.18. The molecule has 102 valence electrons. The zero-order chi connectivity index (χ0) is 13.8. The van der Waals surface area contributed by atoms with Crippen molar-refractivity contribution in [1.82, 2.24) is 10.6 Å². The van der Waals surface area contributed by atoms with E-state index in [2.05, 4.69) is 10.6 Å². The van der Waals surface area contributed by atoms with Crippen LogP contribution in [0.5, 0.6) is 0 Å². The molecule has 7 heteroatoms. The lowest BCUT2D eigenvalue weighted by atomic mass is 10.1. The smallest absolute Gasteiger partial charge is 0.271 e. The Morgan fingerprint density at radius 2 is 2.26 bits per heavy atom. The van der Waals surface area contributed by atoms with Crippen molar-refractivity contribution >= 4 is 23.2 Å². The van der Waals surface area contributed by atoms with Gasteiger partial charge in [0.15, 0.2) is 0 Å². The third-order valence-electron chi connectivity index (χ3n) is 2.99. The molecule has 0 aromatic heterocycles. The normalized spacial score (nSPS) is 18.9. The predicted molar refractivity (Wildman–Crippen MR) is 71.5 cm³/mol. The van der Waals surface area contributed by atoms with E-state index in [0.29, 0.717) is 6.54 Å². The summed E-state index contributed by atoms with van der Waals surface area (Å²) in [5, 5.41) is 16.9. The molecule has 19 heavy (non-hydrogen) atoms. The number of nitrogens with zero attached hydrogens (tertiary/aromatic N) is 1. The summed E-state index contributed by atoms with van der Waals surface area (Å²) >= 11 is 5.78. The van der Waals surface area contributed by atoms with Gasteiger partial charge in [-0.2, -0.15) is 0 Å². The largest absolute Gasteiger partial charge is 0.348 e. The Kier molecular flexibility index (Phi) is 4.34. The molecule has 1 fully saturated rings. The molecule has 0 aliphatic carbocycles. The Morgan fingerprint density at radius 1 is 1.47 bits per heavy atom. The summed E-state index contributed by atoms with van der Waals surface area (Å²) < 4.78 is 0. The number of halogens is 1. The van der Waals surface area contributed by atoms with Gasteiger partial charge in [-0.25, -0.2) is 0 Å². The maximum atomic E-state index is 12.0. The fourth-order valence-electron chi connectivity index (χ4n) is 2.05. The molecule has 1 heterocycles. The molecule has 6 nitrogen and oxygen atoms in total. The number of hydrogen-bond donors (Lipinski definition) is 2. The lowest BCUT2D eigenvalue weighted by Crippen LogP contribution is -2.45. The SMILES string of the molecule is O=C(N[C@@H]1CCCNC1)c1cc(Cl)cc([N+](=O)[O-])c1. The molecule has 1 aliphatic heterocycles. The highest BCUT2D eigenvalue weighted by atomic mass is 35.5. The molecule has 0 saturated carbocycles. The number of amides is 1. The van der Waals surface area contributed by atoms with Crippen molar-refractivity contribution in [1.29, 1.82) is 0 Å². The van der Waals surface area contributed by atoms with Crippen molar-refractivity contribution in [3.05, 3.63) is 38.9 Å². The summed E-state index contributed by atoms with van der Waals surface area (Å²) in [7, 11) is 0. The van der Waals surface area contributed by atoms with Crippen LogP contribution >= 0.6 is 11.6 Å². The quantitative estimate of drug-likeness (QED) is 0.653. The lowest BCUT2D eigenvalue weighted by molar-refractivity contribution is -0.384. The average Bonchev–Trinajstić information content (AvgIpc) is 2.39. The second-order valence-corrected chi connectivity index (χ2v) is 4.91. The van der Waals surface area contributed by atoms with Gasteiger partial charge in [0, 0.05) is 35.3 Å². The topological polar surface area (TPSA) is 84.3 Å². The van der Waals surface area contributed by atoms with E-state index >= 15 is 0 Å². The Balaban J connectivity index is 2.11. The van der Waals surface area contributed by atoms with E-state index in [9.17, 15) is 14.9 Å². The van der Waals surface area contributed by atoms with E-state index in [-0.39, 0.29) is 28.2 Å². The van der Waals surface area contributed by atoms with Crippen LogP contribution in [0.2, 0.25) is 5.02 Å². The van der Waals surface area contributed by atoms with Gasteiger partial charge in [-0.3, -0.25) is 14.9 Å². The molecular weight excluding hydrogens is 270 g/mol. The second-order valence-electron chi connectivity index (χ2n) is 4.47. The Morgan fingerprint density at radius 3 is 2.89 bits per heavy atom. The molecule has 2 N–H and O–H groups in total. The van der Waals surface area contributed by atoms with Gasteiger partial charge in [-0.1, -0.05) is 11.6 Å². The number of benzene rings is 1. The number of carbonyl (C=O) groups is 1. The van der Waals surface area contributed by atoms with E-state index < -0.39 is 4.92 Å². The third kappa shape index (κ3) is 3.65. The van der Waals surface area contributed by atoms with Gasteiger partial charge in [0.25, 0.3) is 11.6 Å². The van der Waals surface area contributed by atoms with Crippen molar-refractivity contribution in [2.45, 2.75) is 18.9 Å². The first kappa shape index (κ1) is 13.8. The van der Waals surface area contributed by atoms with E-state index in [0.717, 1.165) is 19.4 Å². The van der Waals surface area contributed by atoms with E-state index in [1.807, 2.05) is 0 Å². The molecule has 1 aromatic carbocycles. The minimum atomic E-state index is -0.565. The van der Waals surface area contributed by atoms with Gasteiger partial charge in [0.05, 0.1) is 4.92 Å². The van der Waals surface area contributed by atoms with E-state index in [4.69, 9.17) is 11.6 Å². The first-order valence-corrected chi connectivity index (χ1v) is 6.40. The van der Waals surface area contributed by atoms with Crippen LogP contribution in [0, 0.1) is 10.1 Å². The van der Waals surface area contributed by atoms with Gasteiger partial charge in [-0.05, 0) is 25.5 Å². The number of carbonyl (C=O) groups excluding carboxylic acids is 1. The molecule has 1 saturated heterocycles. The van der Waals surface area contributed by atoms with Gasteiger partial charge < -0.3 is 10.6 Å². The van der Waals surface area contributed by atoms with E-state index in [1.54, 1.807) is 0 Å². The molecule has 0 unspecified atom stereocenters. The number of hydrogen-bond acceptors (Lipinski definition) is 4. The molecule has 0 bridgehead atoms. The van der Waals surface area contributed by atoms with Crippen molar-refractivity contribution in [3.63, 3.8) is 0 Å². The number of rotatable bonds is 3. The highest BCUT2D eigenvalue weighted by Crippen LogP contribution is 2.21. The summed E-state index contributed by atoms with van der Waals surface area (Å²) in [5.74, 6) is -0.334. The minimum Gasteiger partial charge on any atom is -0.348 e. The molecule has 0 spiro atoms. The predicted octanol–water partition coefficient (Wildman–Crippen LogP) is 1.73. The van der Waals surface area contributed by atoms with Crippen LogP contribution in [0.4, 0.5) is 5.69 Å². The molecule has 1 aliphatic rings. The molecule has 0 radical (unpaired) electrons. The number of non-ortho nitro benzene ring substituents is 1. The maximum Gasteiger partial charge on any atom is 0.271 e. The second kappa shape index (κ2) is 5.99. The zero-order valence-corrected chi connectivity index (χ0v) is 10.9. The van der Waals surface area contributed by atoms with Crippen LogP contribution in [0.25, 0.3) is 0 Å². The van der Waals surface area contributed by atoms with Crippen LogP contribution in [0.1, 0.15) is 23.2 Å². The number of nitro benzene ring substituents is 1. The Bertz CT molecular complexity index is 501. The van der Waals surface area contributed by atoms with Crippen LogP contribution < -0.4 is 10.6 Å². The molecule has 1 aromatic rings.